The van der Waals surface area contributed by atoms with E-state index in [1.807, 2.05) is 32.3 Å². The lowest BCUT2D eigenvalue weighted by Crippen LogP contribution is -2.40. The van der Waals surface area contributed by atoms with Crippen LogP contribution >= 0.6 is 0 Å². The largest absolute Gasteiger partial charge is 0.332 e. The first kappa shape index (κ1) is 17.2. The lowest BCUT2D eigenvalue weighted by Gasteiger charge is -2.29. The van der Waals surface area contributed by atoms with Gasteiger partial charge in [0.2, 0.25) is 5.95 Å². The topological polar surface area (TPSA) is 77.4 Å². The maximum Gasteiger partial charge on any atom is 0.332 e. The van der Waals surface area contributed by atoms with Gasteiger partial charge in [0.1, 0.15) is 0 Å². The van der Waals surface area contributed by atoms with E-state index in [-0.39, 0.29) is 17.3 Å². The third-order valence-corrected chi connectivity index (χ3v) is 4.53. The van der Waals surface area contributed by atoms with Crippen molar-refractivity contribution in [3.8, 4) is 0 Å². The zero-order chi connectivity index (χ0) is 18.5. The minimum absolute atomic E-state index is 0.110. The quantitative estimate of drug-likeness (QED) is 0.790. The fourth-order valence-corrected chi connectivity index (χ4v) is 3.17. The van der Waals surface area contributed by atoms with Crippen molar-refractivity contribution in [1.29, 1.82) is 0 Å². The van der Waals surface area contributed by atoms with Gasteiger partial charge < -0.3 is 0 Å². The van der Waals surface area contributed by atoms with Gasteiger partial charge in [-0.05, 0) is 27.2 Å². The molecule has 25 heavy (non-hydrogen) atoms. The summed E-state index contributed by atoms with van der Waals surface area (Å²) in [5.74, 6) is 0.567. The summed E-state index contributed by atoms with van der Waals surface area (Å²) in [4.78, 5) is 30.1. The second kappa shape index (κ2) is 6.02. The Kier molecular flexibility index (Phi) is 4.14. The highest BCUT2D eigenvalue weighted by atomic mass is 16.2. The molecule has 134 valence electrons. The van der Waals surface area contributed by atoms with Crippen LogP contribution in [0.15, 0.2) is 26.8 Å². The minimum Gasteiger partial charge on any atom is -0.294 e. The third kappa shape index (κ3) is 2.52. The van der Waals surface area contributed by atoms with E-state index in [4.69, 9.17) is 0 Å². The average Bonchev–Trinajstić information content (AvgIpc) is 2.95. The second-order valence-corrected chi connectivity index (χ2v) is 6.68. The molecular formula is C17H24N6O2. The van der Waals surface area contributed by atoms with Crippen LogP contribution in [0.3, 0.4) is 0 Å². The standard InChI is InChI=1S/C17H24N6O2/c1-7-8-21-15(24)13-14(20(6)17(21)25)18-16-22(9-10(2)3)19-11(4)12(5)23(13)16/h12H,2,7-9H2,1,3-6H3. The van der Waals surface area contributed by atoms with Crippen LogP contribution in [-0.4, -0.2) is 30.9 Å². The van der Waals surface area contributed by atoms with E-state index in [0.717, 1.165) is 11.3 Å². The fraction of sp³-hybridized carbons (Fsp3) is 0.529. The van der Waals surface area contributed by atoms with Gasteiger partial charge >= 0.3 is 5.69 Å². The molecule has 0 fully saturated rings. The smallest absolute Gasteiger partial charge is 0.294 e. The van der Waals surface area contributed by atoms with Crippen LogP contribution in [0.5, 0.6) is 0 Å². The first-order valence-corrected chi connectivity index (χ1v) is 8.46. The van der Waals surface area contributed by atoms with Gasteiger partial charge in [-0.15, -0.1) is 0 Å². The Balaban J connectivity index is 2.40. The van der Waals surface area contributed by atoms with Crippen LogP contribution < -0.4 is 16.3 Å². The number of aryl methyl sites for hydroxylation is 1. The van der Waals surface area contributed by atoms with Crippen LogP contribution in [-0.2, 0) is 13.6 Å². The molecule has 0 saturated heterocycles. The van der Waals surface area contributed by atoms with Crippen molar-refractivity contribution in [3.63, 3.8) is 0 Å². The summed E-state index contributed by atoms with van der Waals surface area (Å²) in [6, 6.07) is -0.110. The summed E-state index contributed by atoms with van der Waals surface area (Å²) < 4.78 is 4.61. The summed E-state index contributed by atoms with van der Waals surface area (Å²) in [7, 11) is 1.65. The van der Waals surface area contributed by atoms with Crippen molar-refractivity contribution in [1.82, 2.24) is 18.7 Å². The molecular weight excluding hydrogens is 320 g/mol. The van der Waals surface area contributed by atoms with E-state index in [2.05, 4.69) is 16.7 Å². The SMILES string of the molecule is C=C(C)CN1N=C(C)C(C)n2c1nc1c2c(=O)n(CCC)c(=O)n1C. The summed E-state index contributed by atoms with van der Waals surface area (Å²) in [6.07, 6.45) is 0.708. The van der Waals surface area contributed by atoms with E-state index >= 15 is 0 Å². The number of hydrogen-bond donors (Lipinski definition) is 0. The number of aromatic nitrogens is 4. The molecule has 3 rings (SSSR count). The number of fused-ring (bicyclic) bond motifs is 3. The minimum atomic E-state index is -0.341. The predicted octanol–water partition coefficient (Wildman–Crippen LogP) is 1.64. The van der Waals surface area contributed by atoms with Gasteiger partial charge in [-0.1, -0.05) is 19.1 Å². The normalized spacial score (nSPS) is 16.9. The van der Waals surface area contributed by atoms with Crippen LogP contribution in [0.25, 0.3) is 11.2 Å². The van der Waals surface area contributed by atoms with Gasteiger partial charge in [-0.2, -0.15) is 10.1 Å². The molecule has 0 radical (unpaired) electrons. The highest BCUT2D eigenvalue weighted by Gasteiger charge is 2.30. The van der Waals surface area contributed by atoms with Gasteiger partial charge in [0.05, 0.1) is 18.3 Å². The maximum atomic E-state index is 13.0. The summed E-state index contributed by atoms with van der Waals surface area (Å²) in [6.45, 7) is 12.6. The van der Waals surface area contributed by atoms with E-state index in [9.17, 15) is 9.59 Å². The lowest BCUT2D eigenvalue weighted by molar-refractivity contribution is 0.586. The Morgan fingerprint density at radius 2 is 2.00 bits per heavy atom. The van der Waals surface area contributed by atoms with Crippen molar-refractivity contribution in [2.24, 2.45) is 12.1 Å². The molecule has 8 nitrogen and oxygen atoms in total. The molecule has 0 saturated carbocycles. The summed E-state index contributed by atoms with van der Waals surface area (Å²) >= 11 is 0. The number of anilines is 1. The van der Waals surface area contributed by atoms with Gasteiger partial charge in [-0.25, -0.2) is 9.80 Å². The number of nitrogens with zero attached hydrogens (tertiary/aromatic N) is 6. The molecule has 0 spiro atoms. The van der Waals surface area contributed by atoms with E-state index in [0.29, 0.717) is 36.6 Å². The Hall–Kier alpha value is -2.64. The zero-order valence-corrected chi connectivity index (χ0v) is 15.4. The number of hydrogen-bond acceptors (Lipinski definition) is 5. The van der Waals surface area contributed by atoms with Crippen molar-refractivity contribution in [3.05, 3.63) is 33.0 Å². The van der Waals surface area contributed by atoms with E-state index in [1.54, 1.807) is 12.1 Å². The molecule has 0 N–H and O–H groups in total. The highest BCUT2D eigenvalue weighted by Crippen LogP contribution is 2.30. The molecule has 2 aromatic rings. The zero-order valence-electron chi connectivity index (χ0n) is 15.4. The molecule has 2 aromatic heterocycles. The Morgan fingerprint density at radius 3 is 2.60 bits per heavy atom. The number of imidazole rings is 1. The Bertz CT molecular complexity index is 1010. The summed E-state index contributed by atoms with van der Waals surface area (Å²) in [5.41, 5.74) is 2.01. The molecule has 1 atom stereocenters. The molecule has 1 unspecified atom stereocenters. The molecule has 0 aliphatic carbocycles. The monoisotopic (exact) mass is 344 g/mol. The average molecular weight is 344 g/mol. The molecule has 3 heterocycles. The maximum absolute atomic E-state index is 13.0. The fourth-order valence-electron chi connectivity index (χ4n) is 3.17. The molecule has 1 aliphatic heterocycles. The Labute approximate surface area is 145 Å². The van der Waals surface area contributed by atoms with Crippen molar-refractivity contribution >= 4 is 22.8 Å². The van der Waals surface area contributed by atoms with E-state index in [1.165, 1.54) is 9.13 Å². The van der Waals surface area contributed by atoms with Crippen molar-refractivity contribution in [2.45, 2.75) is 46.7 Å². The van der Waals surface area contributed by atoms with Crippen LogP contribution in [0.1, 0.15) is 40.2 Å². The van der Waals surface area contributed by atoms with Crippen molar-refractivity contribution < 1.29 is 0 Å². The molecule has 1 aliphatic rings. The van der Waals surface area contributed by atoms with Crippen LogP contribution in [0, 0.1) is 0 Å². The lowest BCUT2D eigenvalue weighted by atomic mass is 10.2. The highest BCUT2D eigenvalue weighted by molar-refractivity contribution is 5.91. The molecule has 0 aromatic carbocycles. The molecule has 0 bridgehead atoms. The van der Waals surface area contributed by atoms with Crippen LogP contribution in [0.4, 0.5) is 5.95 Å². The van der Waals surface area contributed by atoms with Gasteiger partial charge in [-0.3, -0.25) is 18.5 Å². The van der Waals surface area contributed by atoms with E-state index < -0.39 is 0 Å². The number of rotatable bonds is 4. The second-order valence-electron chi connectivity index (χ2n) is 6.68. The summed E-state index contributed by atoms with van der Waals surface area (Å²) in [5, 5.41) is 6.33. The number of hydrazone groups is 1. The van der Waals surface area contributed by atoms with Gasteiger partial charge in [0.25, 0.3) is 5.56 Å². The first-order valence-electron chi connectivity index (χ1n) is 8.46. The molecule has 8 heteroatoms. The predicted molar refractivity (Wildman–Crippen MR) is 99.5 cm³/mol. The third-order valence-electron chi connectivity index (χ3n) is 4.53. The van der Waals surface area contributed by atoms with Gasteiger partial charge in [0, 0.05) is 13.6 Å². The Morgan fingerprint density at radius 1 is 1.32 bits per heavy atom. The van der Waals surface area contributed by atoms with Gasteiger partial charge in [0.15, 0.2) is 11.2 Å². The first-order chi connectivity index (χ1) is 11.8. The molecule has 0 amide bonds. The van der Waals surface area contributed by atoms with Crippen LogP contribution in [0.2, 0.25) is 0 Å². The van der Waals surface area contributed by atoms with Crippen molar-refractivity contribution in [2.75, 3.05) is 11.6 Å².